The fourth-order valence-electron chi connectivity index (χ4n) is 3.82. The van der Waals surface area contributed by atoms with Gasteiger partial charge in [-0.1, -0.05) is 36.8 Å². The molecule has 0 saturated carbocycles. The van der Waals surface area contributed by atoms with Gasteiger partial charge in [0.25, 0.3) is 0 Å². The molecule has 2 heterocycles. The van der Waals surface area contributed by atoms with E-state index in [1.807, 2.05) is 6.07 Å². The van der Waals surface area contributed by atoms with E-state index in [0.717, 1.165) is 6.42 Å². The molecule has 2 aliphatic rings. The summed E-state index contributed by atoms with van der Waals surface area (Å²) in [5.41, 5.74) is 1.30. The Balaban J connectivity index is 1.57. The molecule has 2 fully saturated rings. The molecule has 20 heavy (non-hydrogen) atoms. The third-order valence-electron chi connectivity index (χ3n) is 4.85. The summed E-state index contributed by atoms with van der Waals surface area (Å²) in [6, 6.07) is 11.9. The first-order chi connectivity index (χ1) is 9.86. The van der Waals surface area contributed by atoms with E-state index in [1.54, 1.807) is 0 Å². The lowest BCUT2D eigenvalue weighted by atomic mass is 9.97. The fourth-order valence-corrected chi connectivity index (χ4v) is 3.82. The molecule has 2 saturated heterocycles. The van der Waals surface area contributed by atoms with Crippen molar-refractivity contribution in [2.45, 2.75) is 50.2 Å². The minimum absolute atomic E-state index is 0.185. The summed E-state index contributed by atoms with van der Waals surface area (Å²) in [5.74, 6) is 0. The van der Waals surface area contributed by atoms with Gasteiger partial charge in [0.1, 0.15) is 0 Å². The zero-order valence-corrected chi connectivity index (χ0v) is 12.2. The Labute approximate surface area is 122 Å². The van der Waals surface area contributed by atoms with Gasteiger partial charge in [0.15, 0.2) is 0 Å². The monoisotopic (exact) mass is 274 g/mol. The number of aliphatic hydroxyl groups excluding tert-OH is 1. The average Bonchev–Trinajstić information content (AvgIpc) is 2.91. The van der Waals surface area contributed by atoms with Gasteiger partial charge in [0, 0.05) is 24.7 Å². The Morgan fingerprint density at radius 3 is 2.80 bits per heavy atom. The lowest BCUT2D eigenvalue weighted by Crippen LogP contribution is -2.49. The van der Waals surface area contributed by atoms with Crippen LogP contribution in [0.3, 0.4) is 0 Å². The number of benzene rings is 1. The van der Waals surface area contributed by atoms with Crippen LogP contribution in [-0.4, -0.2) is 47.8 Å². The van der Waals surface area contributed by atoms with E-state index in [1.165, 1.54) is 44.3 Å². The van der Waals surface area contributed by atoms with Gasteiger partial charge in [0.05, 0.1) is 6.61 Å². The van der Waals surface area contributed by atoms with Crippen LogP contribution in [-0.2, 0) is 6.42 Å². The van der Waals surface area contributed by atoms with Crippen molar-refractivity contribution >= 4 is 0 Å². The molecular formula is C17H26N2O. The van der Waals surface area contributed by atoms with Gasteiger partial charge in [-0.3, -0.25) is 4.90 Å². The van der Waals surface area contributed by atoms with Gasteiger partial charge < -0.3 is 10.4 Å². The Bertz CT molecular complexity index is 409. The zero-order chi connectivity index (χ0) is 13.8. The van der Waals surface area contributed by atoms with Crippen LogP contribution < -0.4 is 5.32 Å². The summed E-state index contributed by atoms with van der Waals surface area (Å²) in [5, 5.41) is 13.4. The van der Waals surface area contributed by atoms with E-state index in [0.29, 0.717) is 12.1 Å². The molecule has 3 heteroatoms. The predicted octanol–water partition coefficient (Wildman–Crippen LogP) is 1.81. The number of hydrogen-bond donors (Lipinski definition) is 2. The Hall–Kier alpha value is -0.900. The number of hydrogen-bond acceptors (Lipinski definition) is 3. The molecule has 1 aromatic rings. The van der Waals surface area contributed by atoms with Gasteiger partial charge in [0.2, 0.25) is 0 Å². The summed E-state index contributed by atoms with van der Waals surface area (Å²) in [7, 11) is 0. The Kier molecular flexibility index (Phi) is 4.71. The molecular weight excluding hydrogens is 248 g/mol. The van der Waals surface area contributed by atoms with Crippen molar-refractivity contribution in [1.82, 2.24) is 10.2 Å². The minimum atomic E-state index is 0.185. The first kappa shape index (κ1) is 14.1. The second-order valence-corrected chi connectivity index (χ2v) is 6.23. The summed E-state index contributed by atoms with van der Waals surface area (Å²) in [4.78, 5) is 2.64. The Morgan fingerprint density at radius 1 is 1.15 bits per heavy atom. The molecule has 2 aliphatic heterocycles. The van der Waals surface area contributed by atoms with Crippen LogP contribution in [0.2, 0.25) is 0 Å². The lowest BCUT2D eigenvalue weighted by Gasteiger charge is -2.34. The van der Waals surface area contributed by atoms with Gasteiger partial charge in [-0.05, 0) is 37.8 Å². The molecule has 3 rings (SSSR count). The Morgan fingerprint density at radius 2 is 2.00 bits per heavy atom. The van der Waals surface area contributed by atoms with E-state index in [-0.39, 0.29) is 12.6 Å². The average molecular weight is 274 g/mol. The van der Waals surface area contributed by atoms with Crippen molar-refractivity contribution in [2.24, 2.45) is 0 Å². The number of piperidine rings is 1. The minimum Gasteiger partial charge on any atom is -0.395 e. The van der Waals surface area contributed by atoms with Crippen LogP contribution in [0.4, 0.5) is 0 Å². The van der Waals surface area contributed by atoms with Crippen LogP contribution in [0.1, 0.15) is 31.2 Å². The third-order valence-corrected chi connectivity index (χ3v) is 4.85. The summed E-state index contributed by atoms with van der Waals surface area (Å²) in [6.07, 6.45) is 6.19. The highest BCUT2D eigenvalue weighted by molar-refractivity contribution is 5.16. The zero-order valence-electron chi connectivity index (χ0n) is 12.2. The first-order valence-corrected chi connectivity index (χ1v) is 8.01. The maximum Gasteiger partial charge on any atom is 0.0587 e. The molecule has 110 valence electrons. The van der Waals surface area contributed by atoms with Gasteiger partial charge in [-0.2, -0.15) is 0 Å². The number of aliphatic hydroxyl groups is 1. The highest BCUT2D eigenvalue weighted by Gasteiger charge is 2.36. The molecule has 0 aromatic heterocycles. The van der Waals surface area contributed by atoms with E-state index in [4.69, 9.17) is 0 Å². The molecule has 0 amide bonds. The molecule has 0 aliphatic carbocycles. The standard InChI is InChI=1S/C17H26N2O/c20-13-15(12-14-6-2-1-3-7-14)18-16-9-11-19-10-5-4-8-17(16)19/h1-3,6-7,15-18,20H,4-5,8-13H2/t15-,16?,17?/m0/s1. The van der Waals surface area contributed by atoms with Crippen molar-refractivity contribution in [3.63, 3.8) is 0 Å². The van der Waals surface area contributed by atoms with E-state index >= 15 is 0 Å². The van der Waals surface area contributed by atoms with Crippen molar-refractivity contribution in [2.75, 3.05) is 19.7 Å². The highest BCUT2D eigenvalue weighted by Crippen LogP contribution is 2.27. The molecule has 2 N–H and O–H groups in total. The quantitative estimate of drug-likeness (QED) is 0.859. The predicted molar refractivity (Wildman–Crippen MR) is 81.8 cm³/mol. The SMILES string of the molecule is OC[C@H](Cc1ccccc1)NC1CCN2CCCCC12. The van der Waals surface area contributed by atoms with Crippen LogP contribution in [0.5, 0.6) is 0 Å². The number of rotatable bonds is 5. The van der Waals surface area contributed by atoms with Crippen molar-refractivity contribution in [3.05, 3.63) is 35.9 Å². The van der Waals surface area contributed by atoms with Crippen molar-refractivity contribution < 1.29 is 5.11 Å². The van der Waals surface area contributed by atoms with Gasteiger partial charge >= 0.3 is 0 Å². The lowest BCUT2D eigenvalue weighted by molar-refractivity contribution is 0.165. The van der Waals surface area contributed by atoms with E-state index in [2.05, 4.69) is 34.5 Å². The van der Waals surface area contributed by atoms with Crippen LogP contribution in [0.15, 0.2) is 30.3 Å². The number of nitrogens with one attached hydrogen (secondary N) is 1. The largest absolute Gasteiger partial charge is 0.395 e. The number of fused-ring (bicyclic) bond motifs is 1. The second-order valence-electron chi connectivity index (χ2n) is 6.23. The van der Waals surface area contributed by atoms with Crippen molar-refractivity contribution in [3.8, 4) is 0 Å². The molecule has 2 unspecified atom stereocenters. The third kappa shape index (κ3) is 3.22. The topological polar surface area (TPSA) is 35.5 Å². The molecule has 1 aromatic carbocycles. The summed E-state index contributed by atoms with van der Waals surface area (Å²) >= 11 is 0. The summed E-state index contributed by atoms with van der Waals surface area (Å²) in [6.45, 7) is 2.72. The summed E-state index contributed by atoms with van der Waals surface area (Å²) < 4.78 is 0. The van der Waals surface area contributed by atoms with Gasteiger partial charge in [-0.25, -0.2) is 0 Å². The maximum atomic E-state index is 9.67. The normalized spacial score (nSPS) is 28.2. The smallest absolute Gasteiger partial charge is 0.0587 e. The van der Waals surface area contributed by atoms with E-state index < -0.39 is 0 Å². The molecule has 0 radical (unpaired) electrons. The fraction of sp³-hybridized carbons (Fsp3) is 0.647. The van der Waals surface area contributed by atoms with Crippen LogP contribution >= 0.6 is 0 Å². The van der Waals surface area contributed by atoms with Crippen molar-refractivity contribution in [1.29, 1.82) is 0 Å². The highest BCUT2D eigenvalue weighted by atomic mass is 16.3. The molecule has 0 spiro atoms. The van der Waals surface area contributed by atoms with Gasteiger partial charge in [-0.15, -0.1) is 0 Å². The number of nitrogens with zero attached hydrogens (tertiary/aromatic N) is 1. The van der Waals surface area contributed by atoms with Crippen LogP contribution in [0, 0.1) is 0 Å². The van der Waals surface area contributed by atoms with E-state index in [9.17, 15) is 5.11 Å². The molecule has 0 bridgehead atoms. The molecule has 3 nitrogen and oxygen atoms in total. The first-order valence-electron chi connectivity index (χ1n) is 8.01. The second kappa shape index (κ2) is 6.70. The maximum absolute atomic E-state index is 9.67. The van der Waals surface area contributed by atoms with Crippen LogP contribution in [0.25, 0.3) is 0 Å². The molecule has 3 atom stereocenters.